The van der Waals surface area contributed by atoms with Gasteiger partial charge in [-0.1, -0.05) is 39.0 Å². The van der Waals surface area contributed by atoms with E-state index in [-0.39, 0.29) is 0 Å². The number of thioether (sulfide) groups is 1. The van der Waals surface area contributed by atoms with Crippen LogP contribution in [0.25, 0.3) is 0 Å². The van der Waals surface area contributed by atoms with Crippen molar-refractivity contribution in [1.82, 2.24) is 0 Å². The Bertz CT molecular complexity index is 339. The van der Waals surface area contributed by atoms with E-state index in [4.69, 9.17) is 0 Å². The van der Waals surface area contributed by atoms with E-state index in [0.717, 1.165) is 12.3 Å². The van der Waals surface area contributed by atoms with E-state index >= 15 is 0 Å². The van der Waals surface area contributed by atoms with Crippen LogP contribution in [0.5, 0.6) is 0 Å². The number of nitrogens with one attached hydrogen (secondary N) is 1. The molecule has 1 aromatic carbocycles. The Labute approximate surface area is 103 Å². The minimum atomic E-state index is 0.302. The van der Waals surface area contributed by atoms with Gasteiger partial charge in [0.2, 0.25) is 0 Å². The molecule has 0 bridgehead atoms. The summed E-state index contributed by atoms with van der Waals surface area (Å²) >= 11 is 1.82. The largest absolute Gasteiger partial charge is 0.384 e. The smallest absolute Gasteiger partial charge is 0.0478 e. The molecule has 0 aliphatic heterocycles. The lowest BCUT2D eigenvalue weighted by Gasteiger charge is -2.20. The lowest BCUT2D eigenvalue weighted by molar-refractivity contribution is 0.443. The van der Waals surface area contributed by atoms with Crippen molar-refractivity contribution in [2.24, 2.45) is 5.41 Å². The SMILES string of the molecule is C=CCSc1ccccc1NCC(C)(C)C. The maximum Gasteiger partial charge on any atom is 0.0478 e. The van der Waals surface area contributed by atoms with Gasteiger partial charge in [-0.3, -0.25) is 0 Å². The number of anilines is 1. The summed E-state index contributed by atoms with van der Waals surface area (Å²) in [6.07, 6.45) is 1.94. The van der Waals surface area contributed by atoms with Crippen molar-refractivity contribution >= 4 is 17.4 Å². The van der Waals surface area contributed by atoms with Gasteiger partial charge in [-0.15, -0.1) is 18.3 Å². The number of para-hydroxylation sites is 1. The van der Waals surface area contributed by atoms with Gasteiger partial charge in [-0.25, -0.2) is 0 Å². The molecule has 88 valence electrons. The van der Waals surface area contributed by atoms with Gasteiger partial charge in [-0.05, 0) is 17.5 Å². The van der Waals surface area contributed by atoms with Crippen molar-refractivity contribution < 1.29 is 0 Å². The fraction of sp³-hybridized carbons (Fsp3) is 0.429. The van der Waals surface area contributed by atoms with E-state index in [2.05, 4.69) is 56.9 Å². The molecule has 2 heteroatoms. The lowest BCUT2D eigenvalue weighted by atomic mass is 9.97. The number of benzene rings is 1. The molecule has 0 aromatic heterocycles. The Morgan fingerprint density at radius 3 is 2.62 bits per heavy atom. The Kier molecular flexibility index (Phi) is 4.94. The third-order valence-electron chi connectivity index (χ3n) is 2.05. The zero-order valence-corrected chi connectivity index (χ0v) is 11.2. The first kappa shape index (κ1) is 13.2. The third-order valence-corrected chi connectivity index (χ3v) is 3.12. The van der Waals surface area contributed by atoms with Crippen LogP contribution in [0.1, 0.15) is 20.8 Å². The van der Waals surface area contributed by atoms with Crippen LogP contribution in [0, 0.1) is 5.41 Å². The van der Waals surface area contributed by atoms with Gasteiger partial charge in [0.05, 0.1) is 0 Å². The van der Waals surface area contributed by atoms with Crippen LogP contribution < -0.4 is 5.32 Å². The average Bonchev–Trinajstić information content (AvgIpc) is 2.23. The van der Waals surface area contributed by atoms with E-state index in [1.807, 2.05) is 17.8 Å². The Morgan fingerprint density at radius 1 is 1.31 bits per heavy atom. The van der Waals surface area contributed by atoms with Crippen LogP contribution in [0.3, 0.4) is 0 Å². The van der Waals surface area contributed by atoms with E-state index in [1.54, 1.807) is 0 Å². The molecule has 0 atom stereocenters. The normalized spacial score (nSPS) is 11.2. The summed E-state index contributed by atoms with van der Waals surface area (Å²) in [5.41, 5.74) is 1.53. The molecule has 0 aliphatic carbocycles. The molecule has 1 nitrogen and oxygen atoms in total. The summed E-state index contributed by atoms with van der Waals surface area (Å²) in [7, 11) is 0. The number of hydrogen-bond acceptors (Lipinski definition) is 2. The van der Waals surface area contributed by atoms with Crippen LogP contribution in [0.15, 0.2) is 41.8 Å². The van der Waals surface area contributed by atoms with Crippen molar-refractivity contribution in [2.75, 3.05) is 17.6 Å². The Morgan fingerprint density at radius 2 is 2.00 bits per heavy atom. The van der Waals surface area contributed by atoms with Gasteiger partial charge in [0, 0.05) is 22.9 Å². The summed E-state index contributed by atoms with van der Waals surface area (Å²) in [5.74, 6) is 0.953. The molecule has 0 fully saturated rings. The fourth-order valence-electron chi connectivity index (χ4n) is 1.25. The molecule has 0 amide bonds. The van der Waals surface area contributed by atoms with Crippen molar-refractivity contribution in [3.63, 3.8) is 0 Å². The van der Waals surface area contributed by atoms with E-state index in [0.29, 0.717) is 5.41 Å². The van der Waals surface area contributed by atoms with Gasteiger partial charge in [-0.2, -0.15) is 0 Å². The monoisotopic (exact) mass is 235 g/mol. The molecule has 0 radical (unpaired) electrons. The predicted molar refractivity (Wildman–Crippen MR) is 75.3 cm³/mol. The third kappa shape index (κ3) is 4.75. The molecule has 1 aromatic rings. The molecular formula is C14H21NS. The molecule has 0 saturated heterocycles. The summed E-state index contributed by atoms with van der Waals surface area (Å²) in [4.78, 5) is 1.30. The molecule has 0 unspecified atom stereocenters. The first-order valence-corrected chi connectivity index (χ1v) is 6.58. The Hall–Kier alpha value is -0.890. The number of hydrogen-bond donors (Lipinski definition) is 1. The molecule has 1 N–H and O–H groups in total. The molecule has 1 rings (SSSR count). The van der Waals surface area contributed by atoms with Gasteiger partial charge < -0.3 is 5.32 Å². The quantitative estimate of drug-likeness (QED) is 0.599. The van der Waals surface area contributed by atoms with Gasteiger partial charge in [0.25, 0.3) is 0 Å². The zero-order valence-electron chi connectivity index (χ0n) is 10.4. The summed E-state index contributed by atoms with van der Waals surface area (Å²) in [5, 5.41) is 3.51. The van der Waals surface area contributed by atoms with E-state index < -0.39 is 0 Å². The van der Waals surface area contributed by atoms with Crippen LogP contribution >= 0.6 is 11.8 Å². The van der Waals surface area contributed by atoms with Gasteiger partial charge in [0.1, 0.15) is 0 Å². The minimum absolute atomic E-state index is 0.302. The summed E-state index contributed by atoms with van der Waals surface area (Å²) in [6.45, 7) is 11.4. The maximum absolute atomic E-state index is 3.75. The topological polar surface area (TPSA) is 12.0 Å². The second kappa shape index (κ2) is 6.00. The zero-order chi connectivity index (χ0) is 12.0. The van der Waals surface area contributed by atoms with Crippen molar-refractivity contribution in [2.45, 2.75) is 25.7 Å². The van der Waals surface area contributed by atoms with Gasteiger partial charge in [0.15, 0.2) is 0 Å². The second-order valence-electron chi connectivity index (χ2n) is 5.01. The first-order valence-electron chi connectivity index (χ1n) is 5.59. The molecule has 16 heavy (non-hydrogen) atoms. The van der Waals surface area contributed by atoms with Gasteiger partial charge >= 0.3 is 0 Å². The summed E-state index contributed by atoms with van der Waals surface area (Å²) < 4.78 is 0. The highest BCUT2D eigenvalue weighted by molar-refractivity contribution is 7.99. The minimum Gasteiger partial charge on any atom is -0.384 e. The molecular weight excluding hydrogens is 214 g/mol. The van der Waals surface area contributed by atoms with Crippen LogP contribution in [-0.4, -0.2) is 12.3 Å². The van der Waals surface area contributed by atoms with E-state index in [9.17, 15) is 0 Å². The highest BCUT2D eigenvalue weighted by Gasteiger charge is 2.10. The maximum atomic E-state index is 3.75. The van der Waals surface area contributed by atoms with Crippen molar-refractivity contribution in [3.05, 3.63) is 36.9 Å². The standard InChI is InChI=1S/C14H21NS/c1-5-10-16-13-9-7-6-8-12(13)15-11-14(2,3)4/h5-9,15H,1,10-11H2,2-4H3. The molecule has 0 heterocycles. The molecule has 0 aliphatic rings. The fourth-order valence-corrected chi connectivity index (χ4v) is 2.02. The average molecular weight is 235 g/mol. The van der Waals surface area contributed by atoms with Crippen LogP contribution in [0.4, 0.5) is 5.69 Å². The van der Waals surface area contributed by atoms with Crippen molar-refractivity contribution in [1.29, 1.82) is 0 Å². The lowest BCUT2D eigenvalue weighted by Crippen LogP contribution is -2.19. The highest BCUT2D eigenvalue weighted by Crippen LogP contribution is 2.27. The first-order chi connectivity index (χ1) is 7.53. The predicted octanol–water partition coefficient (Wildman–Crippen LogP) is 4.42. The summed E-state index contributed by atoms with van der Waals surface area (Å²) in [6, 6.07) is 8.44. The van der Waals surface area contributed by atoms with Crippen LogP contribution in [-0.2, 0) is 0 Å². The number of rotatable bonds is 5. The molecule has 0 spiro atoms. The van der Waals surface area contributed by atoms with Crippen molar-refractivity contribution in [3.8, 4) is 0 Å². The van der Waals surface area contributed by atoms with E-state index in [1.165, 1.54) is 10.6 Å². The molecule has 0 saturated carbocycles. The van der Waals surface area contributed by atoms with Crippen LogP contribution in [0.2, 0.25) is 0 Å². The second-order valence-corrected chi connectivity index (χ2v) is 6.07. The highest BCUT2D eigenvalue weighted by atomic mass is 32.2. The Balaban J connectivity index is 2.67.